The summed E-state index contributed by atoms with van der Waals surface area (Å²) in [4.78, 5) is 12.0. The van der Waals surface area contributed by atoms with Crippen molar-refractivity contribution in [1.29, 1.82) is 0 Å². The van der Waals surface area contributed by atoms with Gasteiger partial charge in [0, 0.05) is 13.3 Å². The summed E-state index contributed by atoms with van der Waals surface area (Å²) in [7, 11) is 0. The molecule has 1 aliphatic heterocycles. The quantitative estimate of drug-likeness (QED) is 0.683. The average molecular weight is 314 g/mol. The molecule has 0 aliphatic carbocycles. The van der Waals surface area contributed by atoms with Gasteiger partial charge < -0.3 is 0 Å². The monoisotopic (exact) mass is 314 g/mol. The first-order valence-corrected chi connectivity index (χ1v) is 8.14. The number of hydrogen-bond acceptors (Lipinski definition) is 2. The number of carbonyl (C=O) groups excluding carboxylic acids is 1. The molecule has 0 saturated carbocycles. The molecule has 1 amide bonds. The van der Waals surface area contributed by atoms with Crippen molar-refractivity contribution < 1.29 is 4.79 Å². The Hall–Kier alpha value is -2.94. The number of amides is 1. The molecule has 3 aromatic rings. The normalized spacial score (nSPS) is 17.1. The molecule has 1 atom stereocenters. The molecule has 4 rings (SSSR count). The Morgan fingerprint density at radius 3 is 2.42 bits per heavy atom. The molecule has 1 aliphatic rings. The molecule has 1 heterocycles. The van der Waals surface area contributed by atoms with Gasteiger partial charge in [-0.3, -0.25) is 4.79 Å². The van der Waals surface area contributed by atoms with Crippen molar-refractivity contribution in [2.75, 3.05) is 0 Å². The molecule has 0 N–H and O–H groups in total. The summed E-state index contributed by atoms with van der Waals surface area (Å²) in [6.07, 6.45) is 0.738. The summed E-state index contributed by atoms with van der Waals surface area (Å²) in [5, 5.41) is 8.63. The number of nitrogens with zero attached hydrogens (tertiary/aromatic N) is 2. The fourth-order valence-corrected chi connectivity index (χ4v) is 3.28. The van der Waals surface area contributed by atoms with E-state index < -0.39 is 0 Å². The van der Waals surface area contributed by atoms with Crippen LogP contribution in [0.15, 0.2) is 77.9 Å². The molecular formula is C21H18N2O. The van der Waals surface area contributed by atoms with Gasteiger partial charge in [0.2, 0.25) is 5.91 Å². The van der Waals surface area contributed by atoms with Gasteiger partial charge in [-0.2, -0.15) is 5.10 Å². The number of benzene rings is 3. The van der Waals surface area contributed by atoms with Crippen LogP contribution in [0.3, 0.4) is 0 Å². The summed E-state index contributed by atoms with van der Waals surface area (Å²) >= 11 is 0. The van der Waals surface area contributed by atoms with E-state index in [0.29, 0.717) is 0 Å². The molecule has 118 valence electrons. The molecule has 0 bridgehead atoms. The van der Waals surface area contributed by atoms with Gasteiger partial charge in [-0.25, -0.2) is 5.01 Å². The van der Waals surface area contributed by atoms with Crippen molar-refractivity contribution in [1.82, 2.24) is 5.01 Å². The molecule has 0 spiro atoms. The number of carbonyl (C=O) groups is 1. The van der Waals surface area contributed by atoms with Crippen molar-refractivity contribution >= 4 is 22.4 Å². The van der Waals surface area contributed by atoms with Crippen LogP contribution in [0.4, 0.5) is 0 Å². The molecule has 24 heavy (non-hydrogen) atoms. The van der Waals surface area contributed by atoms with Crippen molar-refractivity contribution in [2.24, 2.45) is 5.10 Å². The van der Waals surface area contributed by atoms with Crippen LogP contribution in [0.1, 0.15) is 30.5 Å². The summed E-state index contributed by atoms with van der Waals surface area (Å²) in [5.74, 6) is -0.0281. The first-order chi connectivity index (χ1) is 11.7. The highest BCUT2D eigenvalue weighted by Gasteiger charge is 2.31. The van der Waals surface area contributed by atoms with Crippen LogP contribution < -0.4 is 0 Å². The zero-order valence-corrected chi connectivity index (χ0v) is 13.5. The van der Waals surface area contributed by atoms with Crippen LogP contribution in [0, 0.1) is 0 Å². The zero-order valence-electron chi connectivity index (χ0n) is 13.5. The van der Waals surface area contributed by atoms with Gasteiger partial charge in [-0.05, 0) is 28.0 Å². The highest BCUT2D eigenvalue weighted by atomic mass is 16.2. The minimum atomic E-state index is -0.0281. The van der Waals surface area contributed by atoms with Crippen LogP contribution in [0.25, 0.3) is 10.8 Å². The van der Waals surface area contributed by atoms with Crippen LogP contribution in [0.2, 0.25) is 0 Å². The number of fused-ring (bicyclic) bond motifs is 1. The maximum atomic E-state index is 12.0. The topological polar surface area (TPSA) is 32.7 Å². The largest absolute Gasteiger partial charge is 0.273 e. The lowest BCUT2D eigenvalue weighted by Crippen LogP contribution is -2.24. The summed E-state index contributed by atoms with van der Waals surface area (Å²) in [6.45, 7) is 1.57. The molecule has 3 heteroatoms. The molecule has 0 fully saturated rings. The Morgan fingerprint density at radius 2 is 1.67 bits per heavy atom. The van der Waals surface area contributed by atoms with E-state index in [-0.39, 0.29) is 11.9 Å². The van der Waals surface area contributed by atoms with Gasteiger partial charge in [-0.1, -0.05) is 66.7 Å². The number of rotatable bonds is 2. The molecule has 3 aromatic carbocycles. The van der Waals surface area contributed by atoms with E-state index in [1.165, 1.54) is 10.8 Å². The van der Waals surface area contributed by atoms with E-state index in [9.17, 15) is 4.79 Å². The van der Waals surface area contributed by atoms with E-state index in [1.54, 1.807) is 11.9 Å². The van der Waals surface area contributed by atoms with Crippen molar-refractivity contribution in [3.05, 3.63) is 83.9 Å². The highest BCUT2D eigenvalue weighted by Crippen LogP contribution is 2.33. The van der Waals surface area contributed by atoms with Gasteiger partial charge in [0.05, 0.1) is 11.8 Å². The molecular weight excluding hydrogens is 296 g/mol. The van der Waals surface area contributed by atoms with E-state index in [2.05, 4.69) is 47.6 Å². The van der Waals surface area contributed by atoms with Crippen molar-refractivity contribution in [3.8, 4) is 0 Å². The smallest absolute Gasteiger partial charge is 0.240 e. The average Bonchev–Trinajstić information content (AvgIpc) is 3.08. The van der Waals surface area contributed by atoms with Crippen LogP contribution >= 0.6 is 0 Å². The predicted octanol–water partition coefficient (Wildman–Crippen LogP) is 4.54. The second-order valence-electron chi connectivity index (χ2n) is 6.10. The number of hydrazone groups is 1. The molecule has 0 radical (unpaired) electrons. The van der Waals surface area contributed by atoms with Crippen LogP contribution in [0.5, 0.6) is 0 Å². The van der Waals surface area contributed by atoms with Gasteiger partial charge >= 0.3 is 0 Å². The second kappa shape index (κ2) is 5.93. The maximum Gasteiger partial charge on any atom is 0.240 e. The second-order valence-corrected chi connectivity index (χ2v) is 6.10. The Balaban J connectivity index is 1.72. The van der Waals surface area contributed by atoms with Crippen LogP contribution in [-0.2, 0) is 4.79 Å². The Labute approximate surface area is 141 Å². The fraction of sp³-hybridized carbons (Fsp3) is 0.143. The molecule has 0 aromatic heterocycles. The zero-order chi connectivity index (χ0) is 16.5. The minimum absolute atomic E-state index is 0.0230. The first-order valence-electron chi connectivity index (χ1n) is 8.14. The Kier molecular flexibility index (Phi) is 3.62. The molecule has 0 unspecified atom stereocenters. The third-order valence-corrected chi connectivity index (χ3v) is 4.50. The lowest BCUT2D eigenvalue weighted by molar-refractivity contribution is -0.130. The lowest BCUT2D eigenvalue weighted by Gasteiger charge is -2.20. The molecule has 0 saturated heterocycles. The van der Waals surface area contributed by atoms with Gasteiger partial charge in [0.1, 0.15) is 0 Å². The highest BCUT2D eigenvalue weighted by molar-refractivity contribution is 6.05. The summed E-state index contributed by atoms with van der Waals surface area (Å²) < 4.78 is 0. The lowest BCUT2D eigenvalue weighted by atomic mass is 9.97. The van der Waals surface area contributed by atoms with Crippen molar-refractivity contribution in [2.45, 2.75) is 19.4 Å². The van der Waals surface area contributed by atoms with E-state index in [0.717, 1.165) is 23.3 Å². The van der Waals surface area contributed by atoms with Gasteiger partial charge in [-0.15, -0.1) is 0 Å². The SMILES string of the molecule is CC(=O)N1N=C(c2ccc3ccccc3c2)C[C@H]1c1ccccc1. The predicted molar refractivity (Wildman–Crippen MR) is 96.8 cm³/mol. The minimum Gasteiger partial charge on any atom is -0.273 e. The van der Waals surface area contributed by atoms with E-state index in [4.69, 9.17) is 0 Å². The van der Waals surface area contributed by atoms with E-state index >= 15 is 0 Å². The van der Waals surface area contributed by atoms with Crippen LogP contribution in [-0.4, -0.2) is 16.6 Å². The third-order valence-electron chi connectivity index (χ3n) is 4.50. The standard InChI is InChI=1S/C21H18N2O/c1-15(24)23-21(17-8-3-2-4-9-17)14-20(22-23)19-12-11-16-7-5-6-10-18(16)13-19/h2-13,21H,14H2,1H3/t21-/m0/s1. The maximum absolute atomic E-state index is 12.0. The Morgan fingerprint density at radius 1 is 0.958 bits per heavy atom. The van der Waals surface area contributed by atoms with Gasteiger partial charge in [0.25, 0.3) is 0 Å². The van der Waals surface area contributed by atoms with E-state index in [1.807, 2.05) is 30.3 Å². The summed E-state index contributed by atoms with van der Waals surface area (Å²) in [5.41, 5.74) is 3.16. The Bertz CT molecular complexity index is 931. The number of hydrogen-bond donors (Lipinski definition) is 0. The fourth-order valence-electron chi connectivity index (χ4n) is 3.28. The molecule has 3 nitrogen and oxygen atoms in total. The van der Waals surface area contributed by atoms with Crippen molar-refractivity contribution in [3.63, 3.8) is 0 Å². The van der Waals surface area contributed by atoms with Gasteiger partial charge in [0.15, 0.2) is 0 Å². The summed E-state index contributed by atoms with van der Waals surface area (Å²) in [6, 6.07) is 24.7. The first kappa shape index (κ1) is 14.6. The third kappa shape index (κ3) is 2.58.